The van der Waals surface area contributed by atoms with Crippen molar-refractivity contribution in [2.24, 2.45) is 0 Å². The number of rotatable bonds is 14. The maximum absolute atomic E-state index is 14.1. The van der Waals surface area contributed by atoms with Crippen LogP contribution in [0.25, 0.3) is 0 Å². The molecule has 0 spiro atoms. The summed E-state index contributed by atoms with van der Waals surface area (Å²) in [6.45, 7) is 8.65. The van der Waals surface area contributed by atoms with Crippen molar-refractivity contribution in [2.75, 3.05) is 12.9 Å². The summed E-state index contributed by atoms with van der Waals surface area (Å²) >= 11 is 0. The quantitative estimate of drug-likeness (QED) is 0.148. The molecule has 0 N–H and O–H groups in total. The summed E-state index contributed by atoms with van der Waals surface area (Å²) < 4.78 is 72.6. The van der Waals surface area contributed by atoms with Crippen molar-refractivity contribution in [1.82, 2.24) is 0 Å². The van der Waals surface area contributed by atoms with E-state index in [9.17, 15) is 8.42 Å². The average molecular weight is 715 g/mol. The van der Waals surface area contributed by atoms with E-state index in [1.807, 2.05) is 119 Å². The second-order valence-electron chi connectivity index (χ2n) is 14.0. The lowest BCUT2D eigenvalue weighted by Crippen LogP contribution is -2.62. The summed E-state index contributed by atoms with van der Waals surface area (Å²) in [7, 11) is -2.99. The van der Waals surface area contributed by atoms with Crippen molar-refractivity contribution in [2.45, 2.75) is 94.3 Å². The summed E-state index contributed by atoms with van der Waals surface area (Å²) in [5.41, 5.74) is 2.54. The van der Waals surface area contributed by atoms with E-state index in [2.05, 4.69) is 0 Å². The van der Waals surface area contributed by atoms with E-state index in [1.165, 1.54) is 7.11 Å². The van der Waals surface area contributed by atoms with Gasteiger partial charge >= 0.3 is 7.12 Å². The molecule has 0 aliphatic carbocycles. The Bertz CT molecular complexity index is 1770. The van der Waals surface area contributed by atoms with Crippen LogP contribution in [-0.4, -0.2) is 70.3 Å². The zero-order valence-corrected chi connectivity index (χ0v) is 30.7. The van der Waals surface area contributed by atoms with Gasteiger partial charge in [-0.25, -0.2) is 8.42 Å². The Balaban J connectivity index is 1.28. The first-order valence-electron chi connectivity index (χ1n) is 17.3. The molecule has 0 radical (unpaired) electrons. The second-order valence-corrected chi connectivity index (χ2v) is 16.0. The molecule has 0 bridgehead atoms. The molecule has 0 saturated carbocycles. The van der Waals surface area contributed by atoms with Gasteiger partial charge in [0.2, 0.25) is 0 Å². The van der Waals surface area contributed by atoms with Gasteiger partial charge in [0.1, 0.15) is 24.4 Å². The molecule has 2 aliphatic rings. The summed E-state index contributed by atoms with van der Waals surface area (Å²) in [5, 5.41) is 0. The Morgan fingerprint density at radius 3 is 1.49 bits per heavy atom. The van der Waals surface area contributed by atoms with Crippen LogP contribution in [0.5, 0.6) is 0 Å². The van der Waals surface area contributed by atoms with Crippen LogP contribution in [0.2, 0.25) is 0 Å². The third-order valence-corrected chi connectivity index (χ3v) is 11.6. The first kappa shape index (κ1) is 37.4. The predicted octanol–water partition coefficient (Wildman–Crippen LogP) is 5.89. The van der Waals surface area contributed by atoms with Gasteiger partial charge in [-0.1, -0.05) is 103 Å². The van der Waals surface area contributed by atoms with Crippen molar-refractivity contribution < 1.29 is 41.4 Å². The predicted molar refractivity (Wildman–Crippen MR) is 195 cm³/mol. The van der Waals surface area contributed by atoms with Crippen molar-refractivity contribution in [3.8, 4) is 0 Å². The van der Waals surface area contributed by atoms with E-state index in [4.69, 9.17) is 33.0 Å². The van der Waals surface area contributed by atoms with Crippen LogP contribution in [0, 0.1) is 0 Å². The topological polar surface area (TPSA) is 98.8 Å². The maximum atomic E-state index is 14.1. The molecule has 0 amide bonds. The second kappa shape index (κ2) is 16.1. The lowest BCUT2D eigenvalue weighted by molar-refractivity contribution is -0.313. The van der Waals surface area contributed by atoms with Gasteiger partial charge in [0.05, 0.1) is 41.7 Å². The van der Waals surface area contributed by atoms with Gasteiger partial charge in [-0.05, 0) is 62.0 Å². The molecule has 0 aromatic heterocycles. The van der Waals surface area contributed by atoms with Crippen LogP contribution in [0.4, 0.5) is 0 Å². The van der Waals surface area contributed by atoms with E-state index < -0.39 is 58.9 Å². The molecule has 2 unspecified atom stereocenters. The Morgan fingerprint density at radius 2 is 1.04 bits per heavy atom. The van der Waals surface area contributed by atoms with Crippen LogP contribution in [-0.2, 0) is 62.7 Å². The molecule has 2 aliphatic heterocycles. The van der Waals surface area contributed by atoms with Crippen LogP contribution in [0.3, 0.4) is 0 Å². The van der Waals surface area contributed by atoms with Gasteiger partial charge in [-0.15, -0.1) is 0 Å². The Kier molecular flexibility index (Phi) is 11.8. The van der Waals surface area contributed by atoms with Crippen molar-refractivity contribution >= 4 is 22.4 Å². The number of sulfone groups is 1. The van der Waals surface area contributed by atoms with Crippen molar-refractivity contribution in [3.05, 3.63) is 132 Å². The fraction of sp³-hybridized carbons (Fsp3) is 0.400. The molecule has 4 aromatic carbocycles. The summed E-state index contributed by atoms with van der Waals surface area (Å²) in [5.74, 6) is -0.376. The highest BCUT2D eigenvalue weighted by atomic mass is 32.2. The number of hydrogen-bond donors (Lipinski definition) is 0. The third-order valence-electron chi connectivity index (χ3n) is 9.83. The fourth-order valence-electron chi connectivity index (χ4n) is 6.19. The Labute approximate surface area is 302 Å². The molecule has 11 heteroatoms. The number of benzene rings is 4. The molecule has 4 aromatic rings. The first-order valence-corrected chi connectivity index (χ1v) is 18.9. The third kappa shape index (κ3) is 8.99. The van der Waals surface area contributed by atoms with E-state index >= 15 is 0 Å². The van der Waals surface area contributed by atoms with E-state index in [0.29, 0.717) is 0 Å². The zero-order chi connectivity index (χ0) is 36.1. The molecule has 2 saturated heterocycles. The highest BCUT2D eigenvalue weighted by molar-refractivity contribution is 7.91. The molecule has 270 valence electrons. The molecule has 51 heavy (non-hydrogen) atoms. The molecule has 9 nitrogen and oxygen atoms in total. The number of hydrogen-bond acceptors (Lipinski definition) is 9. The highest BCUT2D eigenvalue weighted by Crippen LogP contribution is 2.37. The van der Waals surface area contributed by atoms with E-state index in [-0.39, 0.29) is 30.5 Å². The van der Waals surface area contributed by atoms with Crippen LogP contribution in [0.15, 0.2) is 120 Å². The number of ether oxygens (including phenoxy) is 5. The molecule has 5 atom stereocenters. The van der Waals surface area contributed by atoms with Crippen molar-refractivity contribution in [3.63, 3.8) is 0 Å². The molecular weight excluding hydrogens is 667 g/mol. The van der Waals surface area contributed by atoms with Crippen LogP contribution in [0.1, 0.15) is 44.4 Å². The van der Waals surface area contributed by atoms with Gasteiger partial charge in [0.15, 0.2) is 16.1 Å². The monoisotopic (exact) mass is 714 g/mol. The van der Waals surface area contributed by atoms with Gasteiger partial charge in [-0.2, -0.15) is 0 Å². The molecular formula is C40H47BO9S. The lowest BCUT2D eigenvalue weighted by atomic mass is 9.79. The summed E-state index contributed by atoms with van der Waals surface area (Å²) in [4.78, 5) is 0.145. The number of methoxy groups -OCH3 is 1. The smallest absolute Gasteiger partial charge is 0.399 e. The minimum absolute atomic E-state index is 0.145. The molecule has 2 heterocycles. The zero-order valence-electron chi connectivity index (χ0n) is 29.8. The Hall–Kier alpha value is -3.39. The van der Waals surface area contributed by atoms with Gasteiger partial charge in [-0.3, -0.25) is 0 Å². The average Bonchev–Trinajstić information content (AvgIpc) is 3.36. The van der Waals surface area contributed by atoms with Gasteiger partial charge < -0.3 is 33.0 Å². The minimum atomic E-state index is -3.90. The largest absolute Gasteiger partial charge is 0.494 e. The maximum Gasteiger partial charge on any atom is 0.494 e. The minimum Gasteiger partial charge on any atom is -0.399 e. The Morgan fingerprint density at radius 1 is 0.608 bits per heavy atom. The SMILES string of the molecule is CO[C@@H]1OC(CS(=O)(=O)c2ccc(B3OC(C)(C)C(C)(C)O3)cc2)[C@@H](OCc2ccccc2)[C@H](OCc2ccccc2)C1OCc1ccccc1. The van der Waals surface area contributed by atoms with Crippen LogP contribution >= 0.6 is 0 Å². The molecule has 6 rings (SSSR count). The van der Waals surface area contributed by atoms with Gasteiger partial charge in [0.25, 0.3) is 0 Å². The fourth-order valence-corrected chi connectivity index (χ4v) is 7.64. The first-order chi connectivity index (χ1) is 24.5. The van der Waals surface area contributed by atoms with Crippen LogP contribution < -0.4 is 5.46 Å². The summed E-state index contributed by atoms with van der Waals surface area (Å²) in [6, 6.07) is 35.9. The molecule has 2 fully saturated rings. The standard InChI is InChI=1S/C40H47BO9S/c1-39(2)40(3,4)50-41(49-39)32-21-23-33(24-22-32)51(42,43)28-34-35(45-25-29-15-9-6-10-16-29)36(46-26-30-17-11-7-12-18-30)37(38(44-5)48-34)47-27-31-19-13-8-14-20-31/h6-24,34-38H,25-28H2,1-5H3/t34?,35-,36+,37?,38-/m1/s1. The lowest BCUT2D eigenvalue weighted by Gasteiger charge is -2.45. The van der Waals surface area contributed by atoms with E-state index in [0.717, 1.165) is 22.2 Å². The van der Waals surface area contributed by atoms with Crippen molar-refractivity contribution in [1.29, 1.82) is 0 Å². The normalized spacial score (nSPS) is 24.4. The summed E-state index contributed by atoms with van der Waals surface area (Å²) in [6.07, 6.45) is -4.21. The van der Waals surface area contributed by atoms with E-state index in [1.54, 1.807) is 24.3 Å². The van der Waals surface area contributed by atoms with Gasteiger partial charge in [0, 0.05) is 7.11 Å². The highest BCUT2D eigenvalue weighted by Gasteiger charge is 2.52.